The van der Waals surface area contributed by atoms with Gasteiger partial charge in [0.2, 0.25) is 5.60 Å². The molecule has 0 fully saturated rings. The fraction of sp³-hybridized carbons (Fsp3) is 0.462. The van der Waals surface area contributed by atoms with Crippen LogP contribution in [0.2, 0.25) is 0 Å². The summed E-state index contributed by atoms with van der Waals surface area (Å²) in [6.07, 6.45) is 0. The number of hydrogen-bond acceptors (Lipinski definition) is 10. The van der Waals surface area contributed by atoms with Crippen molar-refractivity contribution in [3.8, 4) is 0 Å². The molecule has 1 aromatic heterocycles. The Bertz CT molecular complexity index is 925. The Morgan fingerprint density at radius 2 is 1.97 bits per heavy atom. The second kappa shape index (κ2) is 9.12. The second-order valence-electron chi connectivity index (χ2n) is 6.15. The van der Waals surface area contributed by atoms with Crippen LogP contribution in [0.4, 0.5) is 5.13 Å². The molecule has 2 amide bonds. The van der Waals surface area contributed by atoms with E-state index in [0.29, 0.717) is 0 Å². The van der Waals surface area contributed by atoms with Crippen molar-refractivity contribution >= 4 is 50.3 Å². The second-order valence-corrected chi connectivity index (χ2v) is 8.22. The maximum absolute atomic E-state index is 12.6. The SMILES string of the molecule is CC(NS(=O)(=O)O)[C@H](NC(=O)/C(=N\OC(C)(C)C(N)=O)c1csc(N)n1)C(=O)O. The van der Waals surface area contributed by atoms with E-state index in [1.807, 2.05) is 5.32 Å². The molecule has 1 aromatic rings. The molecule has 0 saturated carbocycles. The lowest BCUT2D eigenvalue weighted by atomic mass is 10.1. The molecule has 0 radical (unpaired) electrons. The van der Waals surface area contributed by atoms with Gasteiger partial charge >= 0.3 is 16.3 Å². The Morgan fingerprint density at radius 3 is 2.38 bits per heavy atom. The van der Waals surface area contributed by atoms with E-state index >= 15 is 0 Å². The number of nitrogens with two attached hydrogens (primary N) is 2. The highest BCUT2D eigenvalue weighted by atomic mass is 32.2. The molecule has 8 N–H and O–H groups in total. The van der Waals surface area contributed by atoms with Crippen molar-refractivity contribution in [3.63, 3.8) is 0 Å². The molecule has 0 aliphatic heterocycles. The van der Waals surface area contributed by atoms with E-state index < -0.39 is 51.5 Å². The topological polar surface area (TPSA) is 236 Å². The van der Waals surface area contributed by atoms with Gasteiger partial charge in [-0.3, -0.25) is 14.1 Å². The van der Waals surface area contributed by atoms with E-state index in [1.165, 1.54) is 19.2 Å². The number of anilines is 1. The van der Waals surface area contributed by atoms with Gasteiger partial charge in [-0.1, -0.05) is 5.16 Å². The molecule has 0 bridgehead atoms. The average Bonchev–Trinajstić information content (AvgIpc) is 2.96. The number of nitrogens with zero attached hydrogens (tertiary/aromatic N) is 2. The smallest absolute Gasteiger partial charge is 0.333 e. The molecule has 1 unspecified atom stereocenters. The number of nitrogen functional groups attached to an aromatic ring is 1. The van der Waals surface area contributed by atoms with Crippen molar-refractivity contribution in [1.29, 1.82) is 0 Å². The van der Waals surface area contributed by atoms with Crippen molar-refractivity contribution in [3.05, 3.63) is 11.1 Å². The third kappa shape index (κ3) is 7.26. The Labute approximate surface area is 169 Å². The van der Waals surface area contributed by atoms with Crippen LogP contribution in [0.5, 0.6) is 0 Å². The molecular weight excluding hydrogens is 432 g/mol. The van der Waals surface area contributed by atoms with E-state index in [4.69, 9.17) is 20.9 Å². The Morgan fingerprint density at radius 1 is 1.38 bits per heavy atom. The number of carbonyl (C=O) groups is 3. The van der Waals surface area contributed by atoms with Gasteiger partial charge < -0.3 is 26.7 Å². The van der Waals surface area contributed by atoms with Gasteiger partial charge in [-0.25, -0.2) is 9.78 Å². The molecule has 0 aliphatic rings. The first kappa shape index (κ1) is 24.2. The fourth-order valence-electron chi connectivity index (χ4n) is 1.72. The predicted octanol–water partition coefficient (Wildman–Crippen LogP) is -1.94. The van der Waals surface area contributed by atoms with Crippen LogP contribution in [0.1, 0.15) is 26.5 Å². The number of hydrogen-bond donors (Lipinski definition) is 6. The normalized spacial score (nSPS) is 14.7. The summed E-state index contributed by atoms with van der Waals surface area (Å²) in [6, 6.07) is -3.26. The van der Waals surface area contributed by atoms with Gasteiger partial charge in [0.15, 0.2) is 10.8 Å². The summed E-state index contributed by atoms with van der Waals surface area (Å²) in [5.74, 6) is -3.64. The first-order valence-electron chi connectivity index (χ1n) is 7.70. The van der Waals surface area contributed by atoms with Gasteiger partial charge in [0.05, 0.1) is 6.04 Å². The molecule has 1 rings (SSSR count). The summed E-state index contributed by atoms with van der Waals surface area (Å²) in [5.41, 5.74) is 8.43. The van der Waals surface area contributed by atoms with E-state index in [1.54, 1.807) is 4.72 Å². The van der Waals surface area contributed by atoms with E-state index in [0.717, 1.165) is 18.3 Å². The van der Waals surface area contributed by atoms with Crippen LogP contribution in [0.3, 0.4) is 0 Å². The minimum absolute atomic E-state index is 0.0610. The zero-order chi connectivity index (χ0) is 22.6. The largest absolute Gasteiger partial charge is 0.480 e. The van der Waals surface area contributed by atoms with Crippen LogP contribution in [-0.4, -0.2) is 64.2 Å². The maximum Gasteiger partial charge on any atom is 0.333 e. The zero-order valence-corrected chi connectivity index (χ0v) is 17.1. The molecule has 0 aromatic carbocycles. The highest BCUT2D eigenvalue weighted by Crippen LogP contribution is 2.15. The molecule has 29 heavy (non-hydrogen) atoms. The molecule has 2 atom stereocenters. The van der Waals surface area contributed by atoms with Gasteiger partial charge in [0.1, 0.15) is 11.7 Å². The summed E-state index contributed by atoms with van der Waals surface area (Å²) in [5, 5.41) is 16.3. The highest BCUT2D eigenvalue weighted by molar-refractivity contribution is 7.83. The standard InChI is InChI=1S/C13H20N6O8S2/c1-5(19-29(24,25)26)7(10(21)22)17-9(20)8(6-4-28-12(15)16-6)18-27-13(2,3)11(14)23/h4-5,7,19H,1-3H3,(H2,14,23)(H2,15,16)(H,17,20)(H,21,22)(H,24,25,26)/b18-8-/t5?,7-/m0/s1. The van der Waals surface area contributed by atoms with Crippen LogP contribution in [0, 0.1) is 0 Å². The lowest BCUT2D eigenvalue weighted by Crippen LogP contribution is -2.55. The van der Waals surface area contributed by atoms with Gasteiger partial charge in [-0.05, 0) is 20.8 Å². The van der Waals surface area contributed by atoms with Gasteiger partial charge in [-0.15, -0.1) is 11.3 Å². The Balaban J connectivity index is 3.22. The number of primary amides is 1. The van der Waals surface area contributed by atoms with Crippen molar-refractivity contribution in [1.82, 2.24) is 15.0 Å². The number of thiazole rings is 1. The van der Waals surface area contributed by atoms with Crippen LogP contribution < -0.4 is 21.5 Å². The van der Waals surface area contributed by atoms with Crippen LogP contribution >= 0.6 is 11.3 Å². The average molecular weight is 452 g/mol. The quantitative estimate of drug-likeness (QED) is 0.130. The molecule has 162 valence electrons. The van der Waals surface area contributed by atoms with Crippen LogP contribution in [-0.2, 0) is 29.5 Å². The summed E-state index contributed by atoms with van der Waals surface area (Å²) in [6.45, 7) is 3.65. The van der Waals surface area contributed by atoms with Crippen LogP contribution in [0.15, 0.2) is 10.5 Å². The molecule has 0 saturated heterocycles. The van der Waals surface area contributed by atoms with E-state index in [2.05, 4.69) is 10.1 Å². The number of carboxylic acid groups (broad SMARTS) is 1. The van der Waals surface area contributed by atoms with Crippen molar-refractivity contribution < 1.29 is 37.3 Å². The maximum atomic E-state index is 12.6. The van der Waals surface area contributed by atoms with E-state index in [9.17, 15) is 27.9 Å². The minimum atomic E-state index is -4.74. The summed E-state index contributed by atoms with van der Waals surface area (Å²) < 4.78 is 32.3. The third-order valence-electron chi connectivity index (χ3n) is 3.33. The van der Waals surface area contributed by atoms with Crippen molar-refractivity contribution in [2.45, 2.75) is 38.5 Å². The number of amides is 2. The highest BCUT2D eigenvalue weighted by Gasteiger charge is 2.33. The van der Waals surface area contributed by atoms with Crippen molar-refractivity contribution in [2.24, 2.45) is 10.9 Å². The summed E-state index contributed by atoms with van der Waals surface area (Å²) in [4.78, 5) is 44.2. The van der Waals surface area contributed by atoms with Crippen LogP contribution in [0.25, 0.3) is 0 Å². The monoisotopic (exact) mass is 452 g/mol. The number of carboxylic acids is 1. The number of aromatic nitrogens is 1. The molecular formula is C13H20N6O8S2. The Hall–Kier alpha value is -2.82. The molecule has 16 heteroatoms. The number of oxime groups is 1. The first-order valence-corrected chi connectivity index (χ1v) is 10.0. The fourth-order valence-corrected chi connectivity index (χ4v) is 2.87. The van der Waals surface area contributed by atoms with E-state index in [-0.39, 0.29) is 10.8 Å². The third-order valence-corrected chi connectivity index (χ3v) is 4.67. The summed E-state index contributed by atoms with van der Waals surface area (Å²) >= 11 is 0.947. The van der Waals surface area contributed by atoms with Gasteiger partial charge in [0.25, 0.3) is 11.8 Å². The summed E-state index contributed by atoms with van der Waals surface area (Å²) in [7, 11) is -4.74. The number of aliphatic carboxylic acids is 1. The van der Waals surface area contributed by atoms with Crippen molar-refractivity contribution in [2.75, 3.05) is 5.73 Å². The lowest BCUT2D eigenvalue weighted by Gasteiger charge is -2.22. The number of rotatable bonds is 10. The molecule has 14 nitrogen and oxygen atoms in total. The zero-order valence-electron chi connectivity index (χ0n) is 15.4. The Kier molecular flexibility index (Phi) is 7.62. The van der Waals surface area contributed by atoms with Gasteiger partial charge in [-0.2, -0.15) is 13.1 Å². The predicted molar refractivity (Wildman–Crippen MR) is 101 cm³/mol. The van der Waals surface area contributed by atoms with Gasteiger partial charge in [0, 0.05) is 5.38 Å². The molecule has 0 spiro atoms. The number of carbonyl (C=O) groups excluding carboxylic acids is 2. The lowest BCUT2D eigenvalue weighted by molar-refractivity contribution is -0.141. The minimum Gasteiger partial charge on any atom is -0.480 e. The molecule has 0 aliphatic carbocycles. The molecule has 1 heterocycles. The first-order chi connectivity index (χ1) is 13.1. The number of nitrogens with one attached hydrogen (secondary N) is 2.